The van der Waals surface area contributed by atoms with Crippen LogP contribution in [-0.4, -0.2) is 5.11 Å². The van der Waals surface area contributed by atoms with Gasteiger partial charge in [-0.05, 0) is 55.0 Å². The van der Waals surface area contributed by atoms with Gasteiger partial charge in [-0.15, -0.1) is 0 Å². The average Bonchev–Trinajstić information content (AvgIpc) is 2.39. The van der Waals surface area contributed by atoms with Gasteiger partial charge < -0.3 is 5.11 Å². The summed E-state index contributed by atoms with van der Waals surface area (Å²) in [7, 11) is 0. The quantitative estimate of drug-likeness (QED) is 0.837. The predicted octanol–water partition coefficient (Wildman–Crippen LogP) is 4.70. The van der Waals surface area contributed by atoms with Gasteiger partial charge in [-0.2, -0.15) is 0 Å². The fraction of sp³-hybridized carbons (Fsp3) is 0.294. The van der Waals surface area contributed by atoms with Gasteiger partial charge in [-0.1, -0.05) is 48.0 Å². The van der Waals surface area contributed by atoms with Crippen molar-refractivity contribution in [1.82, 2.24) is 0 Å². The van der Waals surface area contributed by atoms with Crippen LogP contribution in [0.15, 0.2) is 48.5 Å². The van der Waals surface area contributed by atoms with Gasteiger partial charge in [0.05, 0.1) is 6.10 Å². The van der Waals surface area contributed by atoms with Gasteiger partial charge >= 0.3 is 0 Å². The zero-order valence-electron chi connectivity index (χ0n) is 11.1. The monoisotopic (exact) mass is 274 g/mol. The minimum atomic E-state index is -0.402. The Balaban J connectivity index is 1.89. The van der Waals surface area contributed by atoms with Crippen molar-refractivity contribution in [3.05, 3.63) is 70.2 Å². The molecule has 19 heavy (non-hydrogen) atoms. The molecule has 0 aliphatic carbocycles. The van der Waals surface area contributed by atoms with Crippen molar-refractivity contribution in [1.29, 1.82) is 0 Å². The van der Waals surface area contributed by atoms with Crippen molar-refractivity contribution in [2.45, 2.75) is 32.3 Å². The molecule has 1 nitrogen and oxygen atoms in total. The van der Waals surface area contributed by atoms with Gasteiger partial charge in [-0.25, -0.2) is 0 Å². The number of rotatable bonds is 5. The first-order valence-corrected chi connectivity index (χ1v) is 7.02. The third-order valence-corrected chi connectivity index (χ3v) is 3.61. The van der Waals surface area contributed by atoms with E-state index in [9.17, 15) is 5.11 Å². The summed E-state index contributed by atoms with van der Waals surface area (Å²) in [5, 5.41) is 10.9. The number of aliphatic hydroxyl groups is 1. The number of hydrogen-bond donors (Lipinski definition) is 1. The number of benzene rings is 2. The molecule has 2 aromatic carbocycles. The second-order valence-corrected chi connectivity index (χ2v) is 5.33. The van der Waals surface area contributed by atoms with Crippen LogP contribution in [0.4, 0.5) is 0 Å². The summed E-state index contributed by atoms with van der Waals surface area (Å²) in [5.74, 6) is 0. The molecule has 1 unspecified atom stereocenters. The molecule has 0 saturated heterocycles. The number of halogens is 1. The minimum Gasteiger partial charge on any atom is -0.388 e. The average molecular weight is 275 g/mol. The van der Waals surface area contributed by atoms with Crippen molar-refractivity contribution >= 4 is 11.6 Å². The Morgan fingerprint density at radius 3 is 2.53 bits per heavy atom. The van der Waals surface area contributed by atoms with E-state index in [0.717, 1.165) is 35.4 Å². The largest absolute Gasteiger partial charge is 0.388 e. The van der Waals surface area contributed by atoms with Crippen LogP contribution in [0, 0.1) is 6.92 Å². The van der Waals surface area contributed by atoms with Gasteiger partial charge in [0.1, 0.15) is 0 Å². The summed E-state index contributed by atoms with van der Waals surface area (Å²) in [6.45, 7) is 1.99. The standard InChI is InChI=1S/C17H19ClO/c1-13-12-15(18)10-11-16(13)17(19)9-5-8-14-6-3-2-4-7-14/h2-4,6-7,10-12,17,19H,5,8-9H2,1H3. The molecule has 0 aromatic heterocycles. The number of hydrogen-bond acceptors (Lipinski definition) is 1. The van der Waals surface area contributed by atoms with Crippen molar-refractivity contribution in [3.8, 4) is 0 Å². The van der Waals surface area contributed by atoms with E-state index in [1.165, 1.54) is 5.56 Å². The van der Waals surface area contributed by atoms with Crippen LogP contribution in [0.25, 0.3) is 0 Å². The van der Waals surface area contributed by atoms with Crippen molar-refractivity contribution < 1.29 is 5.11 Å². The first kappa shape index (κ1) is 14.1. The number of aliphatic hydroxyl groups excluding tert-OH is 1. The third kappa shape index (κ3) is 4.09. The Bertz CT molecular complexity index is 522. The van der Waals surface area contributed by atoms with E-state index >= 15 is 0 Å². The Morgan fingerprint density at radius 1 is 1.11 bits per heavy atom. The predicted molar refractivity (Wildman–Crippen MR) is 80.5 cm³/mol. The molecule has 2 heteroatoms. The lowest BCUT2D eigenvalue weighted by Crippen LogP contribution is -2.01. The van der Waals surface area contributed by atoms with Crippen LogP contribution in [0.3, 0.4) is 0 Å². The maximum atomic E-state index is 10.2. The summed E-state index contributed by atoms with van der Waals surface area (Å²) in [6.07, 6.45) is 2.36. The van der Waals surface area contributed by atoms with Crippen molar-refractivity contribution in [2.24, 2.45) is 0 Å². The maximum Gasteiger partial charge on any atom is 0.0792 e. The van der Waals surface area contributed by atoms with Crippen LogP contribution < -0.4 is 0 Å². The summed E-state index contributed by atoms with van der Waals surface area (Å²) in [6, 6.07) is 16.0. The Hall–Kier alpha value is -1.31. The highest BCUT2D eigenvalue weighted by molar-refractivity contribution is 6.30. The fourth-order valence-electron chi connectivity index (χ4n) is 2.31. The molecule has 0 saturated carbocycles. The summed E-state index contributed by atoms with van der Waals surface area (Å²) in [5.41, 5.74) is 3.36. The molecule has 0 bridgehead atoms. The molecule has 0 amide bonds. The van der Waals surface area contributed by atoms with Crippen LogP contribution in [0.5, 0.6) is 0 Å². The molecule has 1 atom stereocenters. The minimum absolute atomic E-state index is 0.402. The highest BCUT2D eigenvalue weighted by atomic mass is 35.5. The van der Waals surface area contributed by atoms with Crippen LogP contribution >= 0.6 is 11.6 Å². The molecule has 0 heterocycles. The molecule has 2 rings (SSSR count). The lowest BCUT2D eigenvalue weighted by Gasteiger charge is -2.14. The van der Waals surface area contributed by atoms with E-state index in [2.05, 4.69) is 24.3 Å². The second-order valence-electron chi connectivity index (χ2n) is 4.89. The molecule has 0 spiro atoms. The summed E-state index contributed by atoms with van der Waals surface area (Å²) >= 11 is 5.92. The Morgan fingerprint density at radius 2 is 1.84 bits per heavy atom. The zero-order chi connectivity index (χ0) is 13.7. The highest BCUT2D eigenvalue weighted by Crippen LogP contribution is 2.25. The molecule has 0 aliphatic rings. The van der Waals surface area contributed by atoms with Gasteiger partial charge in [0, 0.05) is 5.02 Å². The lowest BCUT2D eigenvalue weighted by molar-refractivity contribution is 0.164. The van der Waals surface area contributed by atoms with E-state index in [0.29, 0.717) is 0 Å². The third-order valence-electron chi connectivity index (χ3n) is 3.38. The molecule has 0 fully saturated rings. The lowest BCUT2D eigenvalue weighted by atomic mass is 9.98. The van der Waals surface area contributed by atoms with E-state index in [4.69, 9.17) is 11.6 Å². The van der Waals surface area contributed by atoms with E-state index in [1.54, 1.807) is 0 Å². The van der Waals surface area contributed by atoms with E-state index in [-0.39, 0.29) is 0 Å². The normalized spacial score (nSPS) is 12.4. The molecule has 0 aliphatic heterocycles. The van der Waals surface area contributed by atoms with Crippen molar-refractivity contribution in [3.63, 3.8) is 0 Å². The van der Waals surface area contributed by atoms with Gasteiger partial charge in [0.2, 0.25) is 0 Å². The van der Waals surface area contributed by atoms with Crippen LogP contribution in [0.2, 0.25) is 5.02 Å². The molecular weight excluding hydrogens is 256 g/mol. The molecule has 0 radical (unpaired) electrons. The first-order valence-electron chi connectivity index (χ1n) is 6.65. The highest BCUT2D eigenvalue weighted by Gasteiger charge is 2.10. The van der Waals surface area contributed by atoms with E-state index in [1.807, 2.05) is 31.2 Å². The van der Waals surface area contributed by atoms with Gasteiger partial charge in [0.25, 0.3) is 0 Å². The van der Waals surface area contributed by atoms with Crippen molar-refractivity contribution in [2.75, 3.05) is 0 Å². The molecule has 2 aromatic rings. The Kier molecular flexibility index (Phi) is 5.00. The Labute approximate surface area is 119 Å². The van der Waals surface area contributed by atoms with Crippen LogP contribution in [-0.2, 0) is 6.42 Å². The first-order chi connectivity index (χ1) is 9.16. The second kappa shape index (κ2) is 6.74. The summed E-state index contributed by atoms with van der Waals surface area (Å²) in [4.78, 5) is 0. The summed E-state index contributed by atoms with van der Waals surface area (Å²) < 4.78 is 0. The molecular formula is C17H19ClO. The smallest absolute Gasteiger partial charge is 0.0792 e. The number of aryl methyl sites for hydroxylation is 2. The van der Waals surface area contributed by atoms with E-state index < -0.39 is 6.10 Å². The maximum absolute atomic E-state index is 10.2. The van der Waals surface area contributed by atoms with Gasteiger partial charge in [-0.3, -0.25) is 0 Å². The molecule has 100 valence electrons. The SMILES string of the molecule is Cc1cc(Cl)ccc1C(O)CCCc1ccccc1. The topological polar surface area (TPSA) is 20.2 Å². The molecule has 1 N–H and O–H groups in total. The van der Waals surface area contributed by atoms with Gasteiger partial charge in [0.15, 0.2) is 0 Å². The fourth-order valence-corrected chi connectivity index (χ4v) is 2.54. The van der Waals surface area contributed by atoms with Crippen LogP contribution in [0.1, 0.15) is 35.6 Å². The zero-order valence-corrected chi connectivity index (χ0v) is 11.9.